The number of rotatable bonds is 4. The summed E-state index contributed by atoms with van der Waals surface area (Å²) in [7, 11) is 0. The first-order chi connectivity index (χ1) is 15.6. The zero-order valence-corrected chi connectivity index (χ0v) is 18.0. The van der Waals surface area contributed by atoms with E-state index in [1.807, 2.05) is 23.6 Å². The third-order valence-corrected chi connectivity index (χ3v) is 6.82. The van der Waals surface area contributed by atoms with Gasteiger partial charge in [0.25, 0.3) is 5.91 Å². The number of fused-ring (bicyclic) bond motifs is 4. The second-order valence-electron chi connectivity index (χ2n) is 8.94. The number of pyridine rings is 2. The Labute approximate surface area is 185 Å². The summed E-state index contributed by atoms with van der Waals surface area (Å²) >= 11 is 0. The minimum Gasteiger partial charge on any atom is -0.488 e. The number of hydrogen-bond donors (Lipinski definition) is 0. The molecule has 2 unspecified atom stereocenters. The Morgan fingerprint density at radius 1 is 1.19 bits per heavy atom. The highest BCUT2D eigenvalue weighted by atomic mass is 16.5. The van der Waals surface area contributed by atoms with Crippen molar-refractivity contribution in [3.63, 3.8) is 0 Å². The number of amides is 1. The van der Waals surface area contributed by atoms with Crippen molar-refractivity contribution in [3.8, 4) is 5.75 Å². The van der Waals surface area contributed by atoms with Gasteiger partial charge in [-0.05, 0) is 24.1 Å². The van der Waals surface area contributed by atoms with Crippen molar-refractivity contribution in [2.45, 2.75) is 51.0 Å². The van der Waals surface area contributed by atoms with Crippen LogP contribution in [0.25, 0.3) is 11.0 Å². The predicted molar refractivity (Wildman–Crippen MR) is 119 cm³/mol. The summed E-state index contributed by atoms with van der Waals surface area (Å²) in [6.45, 7) is 3.67. The number of piperidine rings is 1. The average Bonchev–Trinajstić information content (AvgIpc) is 3.21. The molecule has 3 fully saturated rings. The highest BCUT2D eigenvalue weighted by molar-refractivity contribution is 5.97. The summed E-state index contributed by atoms with van der Waals surface area (Å²) in [4.78, 5) is 32.8. The van der Waals surface area contributed by atoms with Gasteiger partial charge in [-0.2, -0.15) is 0 Å². The van der Waals surface area contributed by atoms with Gasteiger partial charge < -0.3 is 18.9 Å². The molecule has 164 valence electrons. The van der Waals surface area contributed by atoms with E-state index in [2.05, 4.69) is 17.1 Å². The Hall–Kier alpha value is -3.19. The van der Waals surface area contributed by atoms with E-state index in [1.165, 1.54) is 11.1 Å². The standard InChI is InChI=1S/C25H25N3O4/c1-2-27-14-22(25(30)28-12-19-9-20(13-28)32-19)23(29)21-10-18(11-26-24(21)27)31-17-7-15-5-3-4-6-16(15)8-17/h3-6,10-11,14,17,19-20H,2,7-9,12-13H2,1H3. The van der Waals surface area contributed by atoms with E-state index in [0.717, 1.165) is 19.3 Å². The zero-order chi connectivity index (χ0) is 21.8. The van der Waals surface area contributed by atoms with Crippen LogP contribution < -0.4 is 10.2 Å². The first kappa shape index (κ1) is 19.5. The molecule has 3 aliphatic heterocycles. The molecule has 2 bridgehead atoms. The fraction of sp³-hybridized carbons (Fsp3) is 0.400. The van der Waals surface area contributed by atoms with E-state index in [9.17, 15) is 9.59 Å². The van der Waals surface area contributed by atoms with Crippen molar-refractivity contribution < 1.29 is 14.3 Å². The molecule has 0 radical (unpaired) electrons. The van der Waals surface area contributed by atoms with Crippen LogP contribution in [0.15, 0.2) is 47.5 Å². The fourth-order valence-electron chi connectivity index (χ4n) is 5.20. The summed E-state index contributed by atoms with van der Waals surface area (Å²) in [5.41, 5.74) is 3.07. The maximum absolute atomic E-state index is 13.4. The summed E-state index contributed by atoms with van der Waals surface area (Å²) in [6.07, 6.45) is 6.22. The summed E-state index contributed by atoms with van der Waals surface area (Å²) in [5.74, 6) is 0.335. The van der Waals surface area contributed by atoms with Crippen LogP contribution in [-0.2, 0) is 24.1 Å². The van der Waals surface area contributed by atoms with E-state index < -0.39 is 0 Å². The lowest BCUT2D eigenvalue weighted by atomic mass is 9.98. The van der Waals surface area contributed by atoms with E-state index in [-0.39, 0.29) is 35.2 Å². The van der Waals surface area contributed by atoms with E-state index in [4.69, 9.17) is 9.47 Å². The molecule has 1 aliphatic carbocycles. The van der Waals surface area contributed by atoms with Crippen LogP contribution >= 0.6 is 0 Å². The van der Waals surface area contributed by atoms with E-state index in [0.29, 0.717) is 36.4 Å². The number of benzene rings is 1. The number of hydrogen-bond acceptors (Lipinski definition) is 5. The molecule has 5 heterocycles. The largest absolute Gasteiger partial charge is 0.488 e. The van der Waals surface area contributed by atoms with Crippen molar-refractivity contribution in [2.24, 2.45) is 0 Å². The van der Waals surface area contributed by atoms with Gasteiger partial charge in [-0.1, -0.05) is 24.3 Å². The molecular weight excluding hydrogens is 406 g/mol. The lowest BCUT2D eigenvalue weighted by Crippen LogP contribution is -2.59. The second kappa shape index (κ2) is 7.45. The summed E-state index contributed by atoms with van der Waals surface area (Å²) in [5, 5.41) is 0.420. The number of carbonyl (C=O) groups is 1. The van der Waals surface area contributed by atoms with Gasteiger partial charge in [0, 0.05) is 45.1 Å². The van der Waals surface area contributed by atoms with Crippen LogP contribution in [0.1, 0.15) is 34.8 Å². The molecule has 4 aliphatic rings. The quantitative estimate of drug-likeness (QED) is 0.635. The SMILES string of the molecule is CCn1cc(C(=O)N2CC3CC(C2)O3)c(=O)c2cc(OC3Cc4ccccc4C3)cnc21. The maximum Gasteiger partial charge on any atom is 0.259 e. The van der Waals surface area contributed by atoms with E-state index in [1.54, 1.807) is 23.4 Å². The van der Waals surface area contributed by atoms with Crippen molar-refractivity contribution in [1.29, 1.82) is 0 Å². The van der Waals surface area contributed by atoms with Crippen LogP contribution in [0.3, 0.4) is 0 Å². The molecular formula is C25H25N3O4. The van der Waals surface area contributed by atoms with Gasteiger partial charge in [0.15, 0.2) is 0 Å². The Balaban J connectivity index is 1.32. The number of aryl methyl sites for hydroxylation is 1. The van der Waals surface area contributed by atoms with Crippen LogP contribution in [0.4, 0.5) is 0 Å². The van der Waals surface area contributed by atoms with Crippen molar-refractivity contribution in [1.82, 2.24) is 14.5 Å². The highest BCUT2D eigenvalue weighted by Crippen LogP contribution is 2.29. The Kier molecular flexibility index (Phi) is 4.54. The van der Waals surface area contributed by atoms with Crippen molar-refractivity contribution in [3.05, 3.63) is 69.6 Å². The van der Waals surface area contributed by atoms with Gasteiger partial charge in [0.2, 0.25) is 5.43 Å². The normalized spacial score (nSPS) is 22.0. The van der Waals surface area contributed by atoms with Gasteiger partial charge in [0.05, 0.1) is 23.8 Å². The van der Waals surface area contributed by atoms with Crippen LogP contribution in [0, 0.1) is 0 Å². The topological polar surface area (TPSA) is 73.7 Å². The van der Waals surface area contributed by atoms with Crippen molar-refractivity contribution in [2.75, 3.05) is 13.1 Å². The highest BCUT2D eigenvalue weighted by Gasteiger charge is 2.40. The third-order valence-electron chi connectivity index (χ3n) is 6.82. The number of morpholine rings is 1. The van der Waals surface area contributed by atoms with Crippen LogP contribution in [0.5, 0.6) is 5.75 Å². The van der Waals surface area contributed by atoms with Gasteiger partial charge in [-0.3, -0.25) is 9.59 Å². The van der Waals surface area contributed by atoms with Gasteiger partial charge in [-0.15, -0.1) is 0 Å². The smallest absolute Gasteiger partial charge is 0.259 e. The lowest BCUT2D eigenvalue weighted by Gasteiger charge is -2.46. The monoisotopic (exact) mass is 431 g/mol. The molecule has 0 N–H and O–H groups in total. The fourth-order valence-corrected chi connectivity index (χ4v) is 5.20. The molecule has 2 aromatic heterocycles. The van der Waals surface area contributed by atoms with Gasteiger partial charge in [0.1, 0.15) is 23.1 Å². The molecule has 7 heteroatoms. The first-order valence-corrected chi connectivity index (χ1v) is 11.3. The zero-order valence-electron chi connectivity index (χ0n) is 18.0. The molecule has 2 atom stereocenters. The van der Waals surface area contributed by atoms with Gasteiger partial charge in [-0.25, -0.2) is 4.98 Å². The maximum atomic E-state index is 13.4. The Bertz CT molecular complexity index is 1240. The first-order valence-electron chi connectivity index (χ1n) is 11.3. The predicted octanol–water partition coefficient (Wildman–Crippen LogP) is 2.58. The average molecular weight is 431 g/mol. The van der Waals surface area contributed by atoms with Crippen LogP contribution in [0.2, 0.25) is 0 Å². The minimum absolute atomic E-state index is 0.0185. The Morgan fingerprint density at radius 2 is 1.88 bits per heavy atom. The summed E-state index contributed by atoms with van der Waals surface area (Å²) < 4.78 is 13.7. The molecule has 0 saturated carbocycles. The Morgan fingerprint density at radius 3 is 2.53 bits per heavy atom. The van der Waals surface area contributed by atoms with E-state index >= 15 is 0 Å². The summed E-state index contributed by atoms with van der Waals surface area (Å²) in [6, 6.07) is 10.1. The van der Waals surface area contributed by atoms with Crippen molar-refractivity contribution >= 4 is 16.9 Å². The number of nitrogens with zero attached hydrogens (tertiary/aromatic N) is 3. The third kappa shape index (κ3) is 3.19. The molecule has 0 spiro atoms. The molecule has 1 aromatic carbocycles. The number of carbonyl (C=O) groups excluding carboxylic acids is 1. The molecule has 7 nitrogen and oxygen atoms in total. The molecule has 3 saturated heterocycles. The lowest BCUT2D eigenvalue weighted by molar-refractivity contribution is -0.171. The molecule has 32 heavy (non-hydrogen) atoms. The minimum atomic E-state index is -0.289. The molecule has 3 aromatic rings. The number of ether oxygens (including phenoxy) is 2. The van der Waals surface area contributed by atoms with Gasteiger partial charge >= 0.3 is 0 Å². The molecule has 7 rings (SSSR count). The van der Waals surface area contributed by atoms with Crippen LogP contribution in [-0.4, -0.2) is 51.8 Å². The molecule has 1 amide bonds. The number of aromatic nitrogens is 2. The second-order valence-corrected chi connectivity index (χ2v) is 8.94.